The van der Waals surface area contributed by atoms with Crippen LogP contribution in [0.25, 0.3) is 0 Å². The fourth-order valence-corrected chi connectivity index (χ4v) is 4.71. The normalized spacial score (nSPS) is 43.0. The van der Waals surface area contributed by atoms with Gasteiger partial charge in [-0.3, -0.25) is 4.79 Å². The molecule has 84 valence electrons. The third kappa shape index (κ3) is 1.61. The van der Waals surface area contributed by atoms with Gasteiger partial charge in [0.1, 0.15) is 5.78 Å². The minimum absolute atomic E-state index is 0.219. The molecule has 0 spiro atoms. The smallest absolute Gasteiger partial charge is 0.133 e. The zero-order chi connectivity index (χ0) is 11.3. The Morgan fingerprint density at radius 2 is 2.27 bits per heavy atom. The molecule has 0 aliphatic heterocycles. The Hall–Kier alpha value is -0.110. The second-order valence-corrected chi connectivity index (χ2v) is 6.93. The Morgan fingerprint density at radius 1 is 1.60 bits per heavy atom. The van der Waals surface area contributed by atoms with Crippen molar-refractivity contribution in [3.63, 3.8) is 0 Å². The van der Waals surface area contributed by atoms with Crippen molar-refractivity contribution in [1.29, 1.82) is 0 Å². The molecule has 3 atom stereocenters. The van der Waals surface area contributed by atoms with Crippen molar-refractivity contribution in [3.05, 3.63) is 12.7 Å². The number of hydrogen-bond acceptors (Lipinski definition) is 1. The highest BCUT2D eigenvalue weighted by atomic mass is 79.9. The van der Waals surface area contributed by atoms with Crippen LogP contribution < -0.4 is 0 Å². The summed E-state index contributed by atoms with van der Waals surface area (Å²) in [7, 11) is 0. The van der Waals surface area contributed by atoms with Crippen molar-refractivity contribution < 1.29 is 4.79 Å². The predicted octanol–water partition coefficient (Wildman–Crippen LogP) is 3.72. The van der Waals surface area contributed by atoms with Crippen molar-refractivity contribution in [2.24, 2.45) is 16.7 Å². The number of carbonyl (C=O) groups excluding carboxylic acids is 1. The molecule has 0 amide bonds. The molecule has 0 radical (unpaired) electrons. The van der Waals surface area contributed by atoms with Crippen LogP contribution in [-0.4, -0.2) is 10.6 Å². The molecule has 2 heteroatoms. The number of Topliss-reactive ketones (excluding diaryl/α,β-unsaturated/α-hetero) is 1. The van der Waals surface area contributed by atoms with Crippen LogP contribution in [0, 0.1) is 16.7 Å². The molecular weight excluding hydrogens is 252 g/mol. The molecule has 2 aliphatic carbocycles. The molecule has 2 aliphatic rings. The van der Waals surface area contributed by atoms with Gasteiger partial charge in [0.05, 0.1) is 0 Å². The first kappa shape index (κ1) is 11.4. The zero-order valence-electron chi connectivity index (χ0n) is 9.55. The number of hydrogen-bond donors (Lipinski definition) is 0. The summed E-state index contributed by atoms with van der Waals surface area (Å²) in [5, 5.41) is 0. The molecular formula is C13H19BrO. The van der Waals surface area contributed by atoms with E-state index in [0.29, 0.717) is 21.9 Å². The fourth-order valence-electron chi connectivity index (χ4n) is 3.80. The van der Waals surface area contributed by atoms with Gasteiger partial charge in [-0.25, -0.2) is 0 Å². The van der Waals surface area contributed by atoms with Gasteiger partial charge >= 0.3 is 0 Å². The monoisotopic (exact) mass is 270 g/mol. The number of carbonyl (C=O) groups is 1. The molecule has 15 heavy (non-hydrogen) atoms. The summed E-state index contributed by atoms with van der Waals surface area (Å²) < 4.78 is 0. The lowest BCUT2D eigenvalue weighted by atomic mass is 9.76. The molecule has 0 saturated heterocycles. The van der Waals surface area contributed by atoms with Gasteiger partial charge in [-0.1, -0.05) is 35.9 Å². The molecule has 0 aromatic rings. The summed E-state index contributed by atoms with van der Waals surface area (Å²) in [5.74, 6) is 0.972. The third-order valence-corrected chi connectivity index (χ3v) is 6.12. The van der Waals surface area contributed by atoms with E-state index in [1.165, 1.54) is 0 Å². The summed E-state index contributed by atoms with van der Waals surface area (Å²) in [4.78, 5) is 12.1. The largest absolute Gasteiger partial charge is 0.300 e. The molecule has 2 fully saturated rings. The lowest BCUT2D eigenvalue weighted by Crippen LogP contribution is -2.23. The second kappa shape index (κ2) is 3.44. The summed E-state index contributed by atoms with van der Waals surface area (Å²) in [6.07, 6.45) is 5.68. The van der Waals surface area contributed by atoms with Crippen molar-refractivity contribution in [3.8, 4) is 0 Å². The number of ketones is 1. The van der Waals surface area contributed by atoms with Crippen LogP contribution >= 0.6 is 15.9 Å². The van der Waals surface area contributed by atoms with Gasteiger partial charge in [-0.2, -0.15) is 0 Å². The summed E-state index contributed by atoms with van der Waals surface area (Å²) in [5.41, 5.74) is 0.533. The maximum absolute atomic E-state index is 11.6. The molecule has 0 bridgehead atoms. The Bertz CT molecular complexity index is 308. The Morgan fingerprint density at radius 3 is 2.87 bits per heavy atom. The van der Waals surface area contributed by atoms with Gasteiger partial charge < -0.3 is 0 Å². The van der Waals surface area contributed by atoms with Gasteiger partial charge in [0.15, 0.2) is 0 Å². The number of fused-ring (bicyclic) bond motifs is 1. The average Bonchev–Trinajstić information content (AvgIpc) is 2.47. The van der Waals surface area contributed by atoms with Gasteiger partial charge in [0.2, 0.25) is 0 Å². The quantitative estimate of drug-likeness (QED) is 0.552. The molecule has 0 unspecified atom stereocenters. The first-order valence-electron chi connectivity index (χ1n) is 5.68. The summed E-state index contributed by atoms with van der Waals surface area (Å²) in [6.45, 7) is 8.46. The molecule has 1 nitrogen and oxygen atoms in total. The van der Waals surface area contributed by atoms with E-state index >= 15 is 0 Å². The lowest BCUT2D eigenvalue weighted by molar-refractivity contribution is -0.118. The van der Waals surface area contributed by atoms with Crippen LogP contribution in [0.4, 0.5) is 0 Å². The third-order valence-electron chi connectivity index (χ3n) is 4.24. The van der Waals surface area contributed by atoms with E-state index in [1.54, 1.807) is 0 Å². The number of halogens is 1. The van der Waals surface area contributed by atoms with E-state index in [4.69, 9.17) is 0 Å². The molecule has 2 rings (SSSR count). The predicted molar refractivity (Wildman–Crippen MR) is 66.1 cm³/mol. The van der Waals surface area contributed by atoms with E-state index < -0.39 is 0 Å². The SMILES string of the molecule is C=CC[C@@]12CC(=O)C[C@@H]1[C@@H](Br)C(C)(C)C2. The number of alkyl halides is 1. The van der Waals surface area contributed by atoms with E-state index in [-0.39, 0.29) is 5.41 Å². The standard InChI is InChI=1S/C13H19BrO/c1-4-5-13-7-9(15)6-10(13)11(14)12(2,3)8-13/h4,10-11H,1,5-8H2,2-3H3/t10-,11-,13+/m1/s1. The van der Waals surface area contributed by atoms with Crippen LogP contribution in [-0.2, 0) is 4.79 Å². The molecule has 2 saturated carbocycles. The maximum Gasteiger partial charge on any atom is 0.133 e. The fraction of sp³-hybridized carbons (Fsp3) is 0.769. The van der Waals surface area contributed by atoms with Crippen molar-refractivity contribution in [2.45, 2.75) is 44.4 Å². The van der Waals surface area contributed by atoms with Gasteiger partial charge in [-0.05, 0) is 29.6 Å². The minimum Gasteiger partial charge on any atom is -0.300 e. The highest BCUT2D eigenvalue weighted by Gasteiger charge is 2.59. The van der Waals surface area contributed by atoms with Crippen LogP contribution in [0.3, 0.4) is 0 Å². The van der Waals surface area contributed by atoms with Gasteiger partial charge in [0, 0.05) is 17.7 Å². The lowest BCUT2D eigenvalue weighted by Gasteiger charge is -2.28. The molecule has 0 N–H and O–H groups in total. The van der Waals surface area contributed by atoms with E-state index in [0.717, 1.165) is 25.7 Å². The van der Waals surface area contributed by atoms with Crippen LogP contribution in [0.5, 0.6) is 0 Å². The van der Waals surface area contributed by atoms with Gasteiger partial charge in [-0.15, -0.1) is 6.58 Å². The van der Waals surface area contributed by atoms with E-state index in [2.05, 4.69) is 36.4 Å². The molecule has 0 aromatic heterocycles. The Labute approximate surface area is 100 Å². The van der Waals surface area contributed by atoms with Crippen molar-refractivity contribution in [1.82, 2.24) is 0 Å². The highest BCUT2D eigenvalue weighted by Crippen LogP contribution is 2.63. The van der Waals surface area contributed by atoms with Crippen molar-refractivity contribution in [2.75, 3.05) is 0 Å². The zero-order valence-corrected chi connectivity index (χ0v) is 11.1. The number of rotatable bonds is 2. The Kier molecular flexibility index (Phi) is 2.61. The summed E-state index contributed by atoms with van der Waals surface area (Å²) >= 11 is 3.81. The average molecular weight is 271 g/mol. The van der Waals surface area contributed by atoms with E-state index in [9.17, 15) is 4.79 Å². The highest BCUT2D eigenvalue weighted by molar-refractivity contribution is 9.09. The topological polar surface area (TPSA) is 17.1 Å². The van der Waals surface area contributed by atoms with Crippen LogP contribution in [0.2, 0.25) is 0 Å². The minimum atomic E-state index is 0.219. The second-order valence-electron chi connectivity index (χ2n) is 5.95. The molecule has 0 heterocycles. The Balaban J connectivity index is 2.33. The number of allylic oxidation sites excluding steroid dienone is 1. The first-order chi connectivity index (χ1) is 6.91. The van der Waals surface area contributed by atoms with Crippen molar-refractivity contribution >= 4 is 21.7 Å². The molecule has 0 aromatic carbocycles. The first-order valence-corrected chi connectivity index (χ1v) is 6.59. The maximum atomic E-state index is 11.6. The van der Waals surface area contributed by atoms with Crippen LogP contribution in [0.15, 0.2) is 12.7 Å². The summed E-state index contributed by atoms with van der Waals surface area (Å²) in [6, 6.07) is 0. The van der Waals surface area contributed by atoms with Crippen LogP contribution in [0.1, 0.15) is 39.5 Å². The van der Waals surface area contributed by atoms with Gasteiger partial charge in [0.25, 0.3) is 0 Å². The van der Waals surface area contributed by atoms with E-state index in [1.807, 2.05) is 6.08 Å².